The van der Waals surface area contributed by atoms with E-state index in [1.807, 2.05) is 0 Å². The summed E-state index contributed by atoms with van der Waals surface area (Å²) in [5, 5.41) is 3.09. The average Bonchev–Trinajstić information content (AvgIpc) is 2.69. The van der Waals surface area contributed by atoms with Gasteiger partial charge in [-0.05, 0) is 41.8 Å². The first-order chi connectivity index (χ1) is 14.0. The number of esters is 1. The van der Waals surface area contributed by atoms with Crippen LogP contribution in [0.2, 0.25) is 0 Å². The van der Waals surface area contributed by atoms with E-state index in [4.69, 9.17) is 0 Å². The summed E-state index contributed by atoms with van der Waals surface area (Å²) in [6.07, 6.45) is -5.95. The Morgan fingerprint density at radius 1 is 0.933 bits per heavy atom. The maximum Gasteiger partial charge on any atom is 0.416 e. The van der Waals surface area contributed by atoms with Crippen molar-refractivity contribution < 1.29 is 35.9 Å². The lowest BCUT2D eigenvalue weighted by Gasteiger charge is -2.19. The van der Waals surface area contributed by atoms with Crippen LogP contribution in [0.1, 0.15) is 34.7 Å². The predicted octanol–water partition coefficient (Wildman–Crippen LogP) is 5.67. The van der Waals surface area contributed by atoms with Crippen molar-refractivity contribution in [1.29, 1.82) is 0 Å². The van der Waals surface area contributed by atoms with Crippen LogP contribution in [0.3, 0.4) is 0 Å². The standard InChI is InChI=1S/C21H19F6NO2/c1-30-19(29)4-2-3-18(15-7-11-17(12-8-15)21(25,26)27)28-13-14-5-9-16(10-6-14)20(22,23)24/h2,4-12,18,28H,3,13H2,1H3. The zero-order valence-corrected chi connectivity index (χ0v) is 15.8. The number of methoxy groups -OCH3 is 1. The summed E-state index contributed by atoms with van der Waals surface area (Å²) in [4.78, 5) is 11.2. The van der Waals surface area contributed by atoms with Gasteiger partial charge >= 0.3 is 18.3 Å². The fourth-order valence-corrected chi connectivity index (χ4v) is 2.66. The second-order valence-corrected chi connectivity index (χ2v) is 6.41. The smallest absolute Gasteiger partial charge is 0.416 e. The van der Waals surface area contributed by atoms with Crippen LogP contribution in [0.5, 0.6) is 0 Å². The number of rotatable bonds is 7. The first kappa shape index (κ1) is 23.5. The van der Waals surface area contributed by atoms with Gasteiger partial charge in [-0.1, -0.05) is 30.3 Å². The summed E-state index contributed by atoms with van der Waals surface area (Å²) < 4.78 is 80.8. The Kier molecular flexibility index (Phi) is 7.66. The zero-order chi connectivity index (χ0) is 22.4. The van der Waals surface area contributed by atoms with Gasteiger partial charge < -0.3 is 10.1 Å². The number of benzene rings is 2. The quantitative estimate of drug-likeness (QED) is 0.349. The van der Waals surface area contributed by atoms with Crippen molar-refractivity contribution in [3.05, 3.63) is 82.9 Å². The van der Waals surface area contributed by atoms with Gasteiger partial charge in [-0.3, -0.25) is 0 Å². The molecule has 0 aromatic heterocycles. The summed E-state index contributed by atoms with van der Waals surface area (Å²) in [7, 11) is 1.21. The summed E-state index contributed by atoms with van der Waals surface area (Å²) in [5.74, 6) is -0.580. The van der Waals surface area contributed by atoms with E-state index < -0.39 is 35.5 Å². The van der Waals surface area contributed by atoms with Crippen LogP contribution in [0.4, 0.5) is 26.3 Å². The van der Waals surface area contributed by atoms with Gasteiger partial charge in [-0.15, -0.1) is 0 Å². The Bertz CT molecular complexity index is 855. The van der Waals surface area contributed by atoms with E-state index in [2.05, 4.69) is 10.1 Å². The van der Waals surface area contributed by atoms with E-state index in [-0.39, 0.29) is 13.0 Å². The molecule has 0 fully saturated rings. The van der Waals surface area contributed by atoms with E-state index in [1.54, 1.807) is 0 Å². The summed E-state index contributed by atoms with van der Waals surface area (Å²) in [5.41, 5.74) is -0.467. The highest BCUT2D eigenvalue weighted by Crippen LogP contribution is 2.31. The van der Waals surface area contributed by atoms with E-state index >= 15 is 0 Å². The minimum Gasteiger partial charge on any atom is -0.466 e. The zero-order valence-electron chi connectivity index (χ0n) is 15.8. The minimum atomic E-state index is -4.47. The Balaban J connectivity index is 2.15. The molecule has 1 N–H and O–H groups in total. The number of hydrogen-bond donors (Lipinski definition) is 1. The molecule has 0 saturated heterocycles. The highest BCUT2D eigenvalue weighted by atomic mass is 19.4. The monoisotopic (exact) mass is 431 g/mol. The Hall–Kier alpha value is -2.81. The number of carbonyl (C=O) groups excluding carboxylic acids is 1. The van der Waals surface area contributed by atoms with Crippen LogP contribution in [-0.4, -0.2) is 13.1 Å². The highest BCUT2D eigenvalue weighted by molar-refractivity contribution is 5.81. The van der Waals surface area contributed by atoms with Gasteiger partial charge in [0, 0.05) is 18.7 Å². The van der Waals surface area contributed by atoms with Crippen molar-refractivity contribution in [2.75, 3.05) is 7.11 Å². The molecular formula is C21H19F6NO2. The summed E-state index contributed by atoms with van der Waals surface area (Å²) in [6.45, 7) is 0.176. The minimum absolute atomic E-state index is 0.176. The van der Waals surface area contributed by atoms with Crippen LogP contribution in [0.25, 0.3) is 0 Å². The lowest BCUT2D eigenvalue weighted by molar-refractivity contribution is -0.138. The average molecular weight is 431 g/mol. The topological polar surface area (TPSA) is 38.3 Å². The fraction of sp³-hybridized carbons (Fsp3) is 0.286. The number of carbonyl (C=O) groups is 1. The van der Waals surface area contributed by atoms with Crippen molar-refractivity contribution in [3.63, 3.8) is 0 Å². The molecule has 2 rings (SSSR count). The van der Waals surface area contributed by atoms with Crippen LogP contribution in [-0.2, 0) is 28.4 Å². The number of ether oxygens (including phenoxy) is 1. The van der Waals surface area contributed by atoms with Crippen molar-refractivity contribution in [2.24, 2.45) is 0 Å². The molecule has 0 aliphatic heterocycles. The van der Waals surface area contributed by atoms with Gasteiger partial charge in [0.1, 0.15) is 0 Å². The molecule has 30 heavy (non-hydrogen) atoms. The molecule has 162 valence electrons. The Labute approximate surface area is 169 Å². The molecule has 2 aromatic rings. The van der Waals surface area contributed by atoms with Gasteiger partial charge in [0.2, 0.25) is 0 Å². The molecule has 2 aromatic carbocycles. The number of halogens is 6. The second-order valence-electron chi connectivity index (χ2n) is 6.41. The van der Waals surface area contributed by atoms with Crippen molar-refractivity contribution >= 4 is 5.97 Å². The molecule has 9 heteroatoms. The molecule has 0 aliphatic rings. The van der Waals surface area contributed by atoms with Crippen LogP contribution >= 0.6 is 0 Å². The molecule has 1 atom stereocenters. The number of hydrogen-bond acceptors (Lipinski definition) is 3. The summed E-state index contributed by atoms with van der Waals surface area (Å²) >= 11 is 0. The van der Waals surface area contributed by atoms with Crippen LogP contribution in [0.15, 0.2) is 60.7 Å². The Morgan fingerprint density at radius 3 is 1.90 bits per heavy atom. The van der Waals surface area contributed by atoms with E-state index in [0.717, 1.165) is 24.3 Å². The van der Waals surface area contributed by atoms with Crippen molar-refractivity contribution in [1.82, 2.24) is 5.32 Å². The molecule has 3 nitrogen and oxygen atoms in total. The van der Waals surface area contributed by atoms with E-state index in [9.17, 15) is 31.1 Å². The molecule has 0 amide bonds. The SMILES string of the molecule is COC(=O)C=CCC(NCc1ccc(C(F)(F)F)cc1)c1ccc(C(F)(F)F)cc1. The van der Waals surface area contributed by atoms with E-state index in [0.29, 0.717) is 11.1 Å². The van der Waals surface area contributed by atoms with Crippen LogP contribution in [0, 0.1) is 0 Å². The van der Waals surface area contributed by atoms with Crippen molar-refractivity contribution in [3.8, 4) is 0 Å². The molecule has 1 unspecified atom stereocenters. The second kappa shape index (κ2) is 9.80. The molecule has 0 aliphatic carbocycles. The van der Waals surface area contributed by atoms with Crippen molar-refractivity contribution in [2.45, 2.75) is 31.4 Å². The lowest BCUT2D eigenvalue weighted by Crippen LogP contribution is -2.21. The first-order valence-electron chi connectivity index (χ1n) is 8.82. The number of alkyl halides is 6. The van der Waals surface area contributed by atoms with Gasteiger partial charge in [0.05, 0.1) is 18.2 Å². The molecule has 0 spiro atoms. The number of nitrogens with one attached hydrogen (secondary N) is 1. The molecule has 0 heterocycles. The van der Waals surface area contributed by atoms with Gasteiger partial charge in [0.15, 0.2) is 0 Å². The molecule has 0 radical (unpaired) electrons. The van der Waals surface area contributed by atoms with E-state index in [1.165, 1.54) is 43.5 Å². The third-order valence-electron chi connectivity index (χ3n) is 4.30. The summed E-state index contributed by atoms with van der Waals surface area (Å²) in [6, 6.07) is 8.63. The largest absolute Gasteiger partial charge is 0.466 e. The fourth-order valence-electron chi connectivity index (χ4n) is 2.66. The normalized spacial score (nSPS) is 13.4. The maximum absolute atomic E-state index is 12.8. The predicted molar refractivity (Wildman–Crippen MR) is 98.2 cm³/mol. The first-order valence-corrected chi connectivity index (χ1v) is 8.82. The van der Waals surface area contributed by atoms with Gasteiger partial charge in [-0.2, -0.15) is 26.3 Å². The van der Waals surface area contributed by atoms with Gasteiger partial charge in [0.25, 0.3) is 0 Å². The lowest BCUT2D eigenvalue weighted by atomic mass is 10.0. The third-order valence-corrected chi connectivity index (χ3v) is 4.30. The molecule has 0 saturated carbocycles. The maximum atomic E-state index is 12.8. The highest BCUT2D eigenvalue weighted by Gasteiger charge is 2.31. The third kappa shape index (κ3) is 6.91. The Morgan fingerprint density at radius 2 is 1.43 bits per heavy atom. The molecular weight excluding hydrogens is 412 g/mol. The van der Waals surface area contributed by atoms with Gasteiger partial charge in [-0.25, -0.2) is 4.79 Å². The molecule has 0 bridgehead atoms. The van der Waals surface area contributed by atoms with Crippen LogP contribution < -0.4 is 5.32 Å².